The number of carbonyl (C=O) groups excluding carboxylic acids is 2. The Morgan fingerprint density at radius 2 is 1.96 bits per heavy atom. The third kappa shape index (κ3) is 4.47. The second kappa shape index (κ2) is 8.52. The minimum Gasteiger partial charge on any atom is -0.326 e. The Kier molecular flexibility index (Phi) is 6.11. The molecule has 2 aromatic rings. The molecule has 0 radical (unpaired) electrons. The molecule has 1 aliphatic rings. The number of carbonyl (C=O) groups is 2. The predicted octanol–water partition coefficient (Wildman–Crippen LogP) is 4.87. The Hall–Kier alpha value is -2.41. The monoisotopic (exact) mass is 390 g/mol. The number of nitrogens with one attached hydrogen (secondary N) is 1. The van der Waals surface area contributed by atoms with Gasteiger partial charge in [0.05, 0.1) is 11.4 Å². The number of thioether (sulfide) groups is 1. The summed E-state index contributed by atoms with van der Waals surface area (Å²) >= 11 is 1.38. The SMILES string of the molecule is CCCCC(=O)Nc1ccc([C@@H]2SCC(=O)N2c2ccc(F)cc2F)cc1. The maximum Gasteiger partial charge on any atom is 0.238 e. The first-order valence-electron chi connectivity index (χ1n) is 8.78. The van der Waals surface area contributed by atoms with Crippen molar-refractivity contribution in [1.29, 1.82) is 0 Å². The molecule has 0 aromatic heterocycles. The molecule has 1 saturated heterocycles. The van der Waals surface area contributed by atoms with Crippen LogP contribution < -0.4 is 10.2 Å². The van der Waals surface area contributed by atoms with Crippen LogP contribution in [-0.4, -0.2) is 17.6 Å². The van der Waals surface area contributed by atoms with Gasteiger partial charge in [0.1, 0.15) is 17.0 Å². The highest BCUT2D eigenvalue weighted by Gasteiger charge is 2.35. The van der Waals surface area contributed by atoms with Crippen LogP contribution in [0.25, 0.3) is 0 Å². The van der Waals surface area contributed by atoms with Crippen molar-refractivity contribution in [3.8, 4) is 0 Å². The van der Waals surface area contributed by atoms with Crippen molar-refractivity contribution < 1.29 is 18.4 Å². The normalized spacial score (nSPS) is 16.6. The van der Waals surface area contributed by atoms with Crippen molar-refractivity contribution in [3.05, 3.63) is 59.7 Å². The minimum atomic E-state index is -0.768. The van der Waals surface area contributed by atoms with Crippen molar-refractivity contribution >= 4 is 35.0 Å². The molecule has 27 heavy (non-hydrogen) atoms. The van der Waals surface area contributed by atoms with E-state index in [4.69, 9.17) is 0 Å². The van der Waals surface area contributed by atoms with E-state index in [0.29, 0.717) is 12.1 Å². The van der Waals surface area contributed by atoms with E-state index in [0.717, 1.165) is 30.5 Å². The van der Waals surface area contributed by atoms with Gasteiger partial charge in [0.2, 0.25) is 11.8 Å². The quantitative estimate of drug-likeness (QED) is 0.765. The van der Waals surface area contributed by atoms with Gasteiger partial charge in [0, 0.05) is 18.2 Å². The smallest absolute Gasteiger partial charge is 0.238 e. The molecule has 4 nitrogen and oxygen atoms in total. The molecule has 3 rings (SSSR count). The molecule has 0 unspecified atom stereocenters. The number of hydrogen-bond acceptors (Lipinski definition) is 3. The minimum absolute atomic E-state index is 0.0370. The van der Waals surface area contributed by atoms with Gasteiger partial charge in [-0.05, 0) is 36.2 Å². The van der Waals surface area contributed by atoms with E-state index in [1.807, 2.05) is 6.92 Å². The van der Waals surface area contributed by atoms with Crippen LogP contribution in [0.3, 0.4) is 0 Å². The number of unbranched alkanes of at least 4 members (excludes halogenated alkanes) is 1. The fraction of sp³-hybridized carbons (Fsp3) is 0.300. The number of hydrogen-bond donors (Lipinski definition) is 1. The van der Waals surface area contributed by atoms with E-state index in [-0.39, 0.29) is 23.3 Å². The Morgan fingerprint density at radius 1 is 1.22 bits per heavy atom. The van der Waals surface area contributed by atoms with Gasteiger partial charge in [0.25, 0.3) is 0 Å². The van der Waals surface area contributed by atoms with Gasteiger partial charge >= 0.3 is 0 Å². The van der Waals surface area contributed by atoms with Gasteiger partial charge < -0.3 is 5.32 Å². The molecule has 142 valence electrons. The number of benzene rings is 2. The summed E-state index contributed by atoms with van der Waals surface area (Å²) in [4.78, 5) is 25.5. The highest BCUT2D eigenvalue weighted by Crippen LogP contribution is 2.42. The van der Waals surface area contributed by atoms with Gasteiger partial charge in [0.15, 0.2) is 0 Å². The van der Waals surface area contributed by atoms with Gasteiger partial charge in [-0.1, -0.05) is 25.5 Å². The highest BCUT2D eigenvalue weighted by atomic mass is 32.2. The molecule has 1 N–H and O–H groups in total. The van der Waals surface area contributed by atoms with E-state index in [9.17, 15) is 18.4 Å². The van der Waals surface area contributed by atoms with Gasteiger partial charge in [-0.25, -0.2) is 8.78 Å². The van der Waals surface area contributed by atoms with Crippen molar-refractivity contribution in [2.45, 2.75) is 31.6 Å². The van der Waals surface area contributed by atoms with Gasteiger partial charge in [-0.15, -0.1) is 11.8 Å². The molecule has 2 aromatic carbocycles. The molecule has 1 aliphatic heterocycles. The van der Waals surface area contributed by atoms with Crippen LogP contribution in [0.5, 0.6) is 0 Å². The lowest BCUT2D eigenvalue weighted by Gasteiger charge is -2.25. The number of nitrogens with zero attached hydrogens (tertiary/aromatic N) is 1. The van der Waals surface area contributed by atoms with Crippen LogP contribution in [0.15, 0.2) is 42.5 Å². The fourth-order valence-corrected chi connectivity index (χ4v) is 4.07. The molecule has 2 amide bonds. The molecule has 1 fully saturated rings. The van der Waals surface area contributed by atoms with Crippen molar-refractivity contribution in [1.82, 2.24) is 0 Å². The molecule has 0 aliphatic carbocycles. The van der Waals surface area contributed by atoms with E-state index in [1.165, 1.54) is 22.7 Å². The summed E-state index contributed by atoms with van der Waals surface area (Å²) in [5.41, 5.74) is 1.54. The summed E-state index contributed by atoms with van der Waals surface area (Å²) in [7, 11) is 0. The second-order valence-electron chi connectivity index (χ2n) is 6.30. The Labute approximate surface area is 160 Å². The molecule has 0 saturated carbocycles. The van der Waals surface area contributed by atoms with Crippen LogP contribution in [0.1, 0.15) is 37.1 Å². The maximum absolute atomic E-state index is 14.2. The number of anilines is 2. The zero-order chi connectivity index (χ0) is 19.4. The Morgan fingerprint density at radius 3 is 2.63 bits per heavy atom. The Balaban J connectivity index is 1.78. The molecule has 1 atom stereocenters. The third-order valence-electron chi connectivity index (χ3n) is 4.27. The lowest BCUT2D eigenvalue weighted by Crippen LogP contribution is -2.28. The molecule has 0 bridgehead atoms. The number of amides is 2. The van der Waals surface area contributed by atoms with Crippen LogP contribution in [0.4, 0.5) is 20.2 Å². The zero-order valence-electron chi connectivity index (χ0n) is 14.9. The molecule has 0 spiro atoms. The number of rotatable bonds is 6. The van der Waals surface area contributed by atoms with Crippen molar-refractivity contribution in [3.63, 3.8) is 0 Å². The zero-order valence-corrected chi connectivity index (χ0v) is 15.7. The molecular formula is C20H20F2N2O2S. The lowest BCUT2D eigenvalue weighted by atomic mass is 10.1. The highest BCUT2D eigenvalue weighted by molar-refractivity contribution is 8.00. The summed E-state index contributed by atoms with van der Waals surface area (Å²) < 4.78 is 27.4. The van der Waals surface area contributed by atoms with E-state index >= 15 is 0 Å². The second-order valence-corrected chi connectivity index (χ2v) is 7.37. The number of halogens is 2. The Bertz CT molecular complexity index is 842. The molecule has 1 heterocycles. The topological polar surface area (TPSA) is 49.4 Å². The van der Waals surface area contributed by atoms with Gasteiger partial charge in [-0.3, -0.25) is 14.5 Å². The van der Waals surface area contributed by atoms with Crippen molar-refractivity contribution in [2.75, 3.05) is 16.0 Å². The average molecular weight is 390 g/mol. The van der Waals surface area contributed by atoms with Crippen LogP contribution >= 0.6 is 11.8 Å². The molecule has 7 heteroatoms. The van der Waals surface area contributed by atoms with Crippen LogP contribution in [-0.2, 0) is 9.59 Å². The predicted molar refractivity (Wildman–Crippen MR) is 104 cm³/mol. The first kappa shape index (κ1) is 19.4. The molecular weight excluding hydrogens is 370 g/mol. The van der Waals surface area contributed by atoms with Crippen LogP contribution in [0.2, 0.25) is 0 Å². The van der Waals surface area contributed by atoms with E-state index in [1.54, 1.807) is 24.3 Å². The summed E-state index contributed by atoms with van der Waals surface area (Å²) in [6.45, 7) is 2.03. The average Bonchev–Trinajstić information content (AvgIpc) is 3.02. The summed E-state index contributed by atoms with van der Waals surface area (Å²) in [6, 6.07) is 10.3. The first-order valence-corrected chi connectivity index (χ1v) is 9.83. The summed E-state index contributed by atoms with van der Waals surface area (Å²) in [5.74, 6) is -1.50. The lowest BCUT2D eigenvalue weighted by molar-refractivity contribution is -0.116. The standard InChI is InChI=1S/C20H20F2N2O2S/c1-2-3-4-18(25)23-15-8-5-13(6-9-15)20-24(19(26)12-27-20)17-10-7-14(21)11-16(17)22/h5-11,20H,2-4,12H2,1H3,(H,23,25)/t20-/m0/s1. The van der Waals surface area contributed by atoms with Crippen LogP contribution in [0, 0.1) is 11.6 Å². The first-order chi connectivity index (χ1) is 13.0. The van der Waals surface area contributed by atoms with E-state index < -0.39 is 17.0 Å². The fourth-order valence-electron chi connectivity index (χ4n) is 2.90. The largest absolute Gasteiger partial charge is 0.326 e. The van der Waals surface area contributed by atoms with Crippen molar-refractivity contribution in [2.24, 2.45) is 0 Å². The van der Waals surface area contributed by atoms with Gasteiger partial charge in [-0.2, -0.15) is 0 Å². The third-order valence-corrected chi connectivity index (χ3v) is 5.49. The van der Waals surface area contributed by atoms with E-state index in [2.05, 4.69) is 5.32 Å². The summed E-state index contributed by atoms with van der Waals surface area (Å²) in [5, 5.41) is 2.43. The maximum atomic E-state index is 14.2. The summed E-state index contributed by atoms with van der Waals surface area (Å²) in [6.07, 6.45) is 2.26.